The third kappa shape index (κ3) is 6.78. The fourth-order valence-electron chi connectivity index (χ4n) is 2.26. The van der Waals surface area contributed by atoms with Crippen LogP contribution in [0.25, 0.3) is 0 Å². The largest absolute Gasteiger partial charge is 0.490 e. The number of nitrogens with zero attached hydrogens (tertiary/aromatic N) is 2. The Morgan fingerprint density at radius 1 is 1.07 bits per heavy atom. The van der Waals surface area contributed by atoms with Crippen molar-refractivity contribution in [1.29, 1.82) is 0 Å². The lowest BCUT2D eigenvalue weighted by Crippen LogP contribution is -2.14. The summed E-state index contributed by atoms with van der Waals surface area (Å²) in [6.07, 6.45) is -7.11. The van der Waals surface area contributed by atoms with Gasteiger partial charge in [-0.05, 0) is 30.2 Å². The normalized spacial score (nSPS) is 13.0. The van der Waals surface area contributed by atoms with Crippen molar-refractivity contribution in [3.63, 3.8) is 0 Å². The Balaban J connectivity index is 2.02. The zero-order valence-corrected chi connectivity index (χ0v) is 15.5. The number of aliphatic carboxylic acids is 1. The van der Waals surface area contributed by atoms with E-state index in [1.807, 2.05) is 0 Å². The van der Waals surface area contributed by atoms with E-state index in [2.05, 4.69) is 15.3 Å². The molecule has 1 unspecified atom stereocenters. The average molecular weight is 437 g/mol. The lowest BCUT2D eigenvalue weighted by atomic mass is 10.0. The van der Waals surface area contributed by atoms with Crippen molar-refractivity contribution >= 4 is 11.9 Å². The van der Waals surface area contributed by atoms with Crippen LogP contribution in [0.2, 0.25) is 0 Å². The monoisotopic (exact) mass is 437 g/mol. The third-order valence-corrected chi connectivity index (χ3v) is 3.97. The summed E-state index contributed by atoms with van der Waals surface area (Å²) in [5, 5.41) is 11.3. The van der Waals surface area contributed by atoms with E-state index < -0.39 is 35.4 Å². The molecule has 2 aromatic rings. The molecule has 2 rings (SSSR count). The first-order valence-electron chi connectivity index (χ1n) is 8.56. The predicted octanol–water partition coefficient (Wildman–Crippen LogP) is 4.62. The van der Waals surface area contributed by atoms with Gasteiger partial charge in [-0.3, -0.25) is 4.79 Å². The highest BCUT2D eigenvalue weighted by Crippen LogP contribution is 2.36. The summed E-state index contributed by atoms with van der Waals surface area (Å²) in [5.41, 5.74) is -3.06. The Labute approximate surface area is 166 Å². The molecule has 0 aliphatic heterocycles. The van der Waals surface area contributed by atoms with Crippen LogP contribution in [0.5, 0.6) is 5.75 Å². The fourth-order valence-corrected chi connectivity index (χ4v) is 2.26. The van der Waals surface area contributed by atoms with Crippen molar-refractivity contribution in [3.05, 3.63) is 47.3 Å². The quantitative estimate of drug-likeness (QED) is 0.587. The number of benzene rings is 1. The van der Waals surface area contributed by atoms with Gasteiger partial charge in [-0.2, -0.15) is 26.3 Å². The van der Waals surface area contributed by atoms with Gasteiger partial charge in [0.25, 0.3) is 0 Å². The van der Waals surface area contributed by atoms with Gasteiger partial charge in [-0.15, -0.1) is 0 Å². The second-order valence-electron chi connectivity index (χ2n) is 6.39. The number of hydrogen-bond donors (Lipinski definition) is 2. The number of halogens is 6. The molecule has 1 aromatic heterocycles. The topological polar surface area (TPSA) is 84.3 Å². The molecule has 1 aromatic carbocycles. The highest BCUT2D eigenvalue weighted by Gasteiger charge is 2.36. The molecule has 0 amide bonds. The number of ether oxygens (including phenoxy) is 1. The van der Waals surface area contributed by atoms with E-state index >= 15 is 0 Å². The summed E-state index contributed by atoms with van der Waals surface area (Å²) in [6, 6.07) is 1.28. The molecule has 30 heavy (non-hydrogen) atoms. The maximum atomic E-state index is 12.9. The molecule has 2 N–H and O–H groups in total. The number of carboxylic acid groups (broad SMARTS) is 1. The fraction of sp³-hybridized carbons (Fsp3) is 0.389. The number of aromatic nitrogens is 2. The number of alkyl halides is 6. The van der Waals surface area contributed by atoms with Crippen LogP contribution in [0.4, 0.5) is 32.3 Å². The number of rotatable bonds is 8. The van der Waals surface area contributed by atoms with Crippen LogP contribution >= 0.6 is 0 Å². The number of carbonyl (C=O) groups is 1. The van der Waals surface area contributed by atoms with Crippen LogP contribution in [0.3, 0.4) is 0 Å². The van der Waals surface area contributed by atoms with Gasteiger partial charge in [0.15, 0.2) is 5.75 Å². The minimum Gasteiger partial charge on any atom is -0.490 e. The lowest BCUT2D eigenvalue weighted by Gasteiger charge is -2.14. The third-order valence-electron chi connectivity index (χ3n) is 3.97. The minimum absolute atomic E-state index is 0.0350. The molecule has 0 radical (unpaired) electrons. The Morgan fingerprint density at radius 2 is 1.60 bits per heavy atom. The van der Waals surface area contributed by atoms with E-state index in [1.165, 1.54) is 19.3 Å². The van der Waals surface area contributed by atoms with Gasteiger partial charge in [-0.25, -0.2) is 9.97 Å². The molecule has 0 aliphatic rings. The van der Waals surface area contributed by atoms with Crippen LogP contribution in [-0.4, -0.2) is 27.7 Å². The maximum Gasteiger partial charge on any atom is 0.416 e. The van der Waals surface area contributed by atoms with E-state index in [0.29, 0.717) is 12.1 Å². The Kier molecular flexibility index (Phi) is 7.11. The first-order chi connectivity index (χ1) is 13.9. The van der Waals surface area contributed by atoms with Crippen LogP contribution in [0, 0.1) is 5.92 Å². The molecule has 0 spiro atoms. The van der Waals surface area contributed by atoms with Crippen LogP contribution < -0.4 is 10.1 Å². The minimum atomic E-state index is -4.93. The highest BCUT2D eigenvalue weighted by molar-refractivity contribution is 5.69. The summed E-state index contributed by atoms with van der Waals surface area (Å²) in [5.74, 6) is -1.36. The number of anilines is 1. The smallest absolute Gasteiger partial charge is 0.416 e. The maximum absolute atomic E-state index is 12.9. The summed E-state index contributed by atoms with van der Waals surface area (Å²) < 4.78 is 82.6. The highest BCUT2D eigenvalue weighted by atomic mass is 19.4. The molecular weight excluding hydrogens is 420 g/mol. The van der Waals surface area contributed by atoms with Crippen molar-refractivity contribution in [1.82, 2.24) is 9.97 Å². The molecule has 0 saturated carbocycles. The molecule has 1 heterocycles. The SMILES string of the molecule is CC(CCOc1cnc(NCc2cc(C(F)(F)F)cc(C(F)(F)F)c2)nc1)C(=O)O. The average Bonchev–Trinajstić information content (AvgIpc) is 2.65. The molecule has 12 heteroatoms. The molecule has 1 atom stereocenters. The molecule has 0 bridgehead atoms. The summed E-state index contributed by atoms with van der Waals surface area (Å²) in [6.45, 7) is 1.25. The number of nitrogens with one attached hydrogen (secondary N) is 1. The van der Waals surface area contributed by atoms with E-state index in [9.17, 15) is 31.1 Å². The zero-order chi connectivity index (χ0) is 22.5. The lowest BCUT2D eigenvalue weighted by molar-refractivity contribution is -0.143. The van der Waals surface area contributed by atoms with Gasteiger partial charge >= 0.3 is 18.3 Å². The second-order valence-corrected chi connectivity index (χ2v) is 6.39. The zero-order valence-electron chi connectivity index (χ0n) is 15.5. The van der Waals surface area contributed by atoms with Gasteiger partial charge < -0.3 is 15.2 Å². The van der Waals surface area contributed by atoms with Gasteiger partial charge in [0.1, 0.15) is 0 Å². The Hall–Kier alpha value is -3.05. The Bertz CT molecular complexity index is 837. The number of carboxylic acids is 1. The van der Waals surface area contributed by atoms with E-state index in [-0.39, 0.29) is 42.9 Å². The molecule has 6 nitrogen and oxygen atoms in total. The van der Waals surface area contributed by atoms with Crippen LogP contribution in [0.1, 0.15) is 30.0 Å². The van der Waals surface area contributed by atoms with Crippen molar-refractivity contribution in [2.24, 2.45) is 5.92 Å². The molecule has 0 saturated heterocycles. The van der Waals surface area contributed by atoms with Crippen molar-refractivity contribution in [3.8, 4) is 5.75 Å². The predicted molar refractivity (Wildman–Crippen MR) is 92.7 cm³/mol. The summed E-state index contributed by atoms with van der Waals surface area (Å²) in [4.78, 5) is 18.4. The molecule has 164 valence electrons. The van der Waals surface area contributed by atoms with Crippen LogP contribution in [-0.2, 0) is 23.7 Å². The summed E-state index contributed by atoms with van der Waals surface area (Å²) in [7, 11) is 0. The molecule has 0 fully saturated rings. The van der Waals surface area contributed by atoms with Crippen molar-refractivity contribution in [2.75, 3.05) is 11.9 Å². The standard InChI is InChI=1S/C18H17F6N3O3/c1-10(15(28)29)2-3-30-14-8-26-16(27-9-14)25-7-11-4-12(17(19,20)21)6-13(5-11)18(22,23)24/h4-6,8-10H,2-3,7H2,1H3,(H,28,29)(H,25,26,27). The number of hydrogen-bond acceptors (Lipinski definition) is 5. The van der Waals surface area contributed by atoms with E-state index in [1.54, 1.807) is 0 Å². The van der Waals surface area contributed by atoms with Gasteiger partial charge in [0.2, 0.25) is 5.95 Å². The first kappa shape index (κ1) is 23.2. The van der Waals surface area contributed by atoms with Crippen molar-refractivity contribution < 1.29 is 41.0 Å². The van der Waals surface area contributed by atoms with E-state index in [0.717, 1.165) is 0 Å². The summed E-state index contributed by atoms with van der Waals surface area (Å²) >= 11 is 0. The van der Waals surface area contributed by atoms with Gasteiger partial charge in [0.05, 0.1) is 36.0 Å². The molecular formula is C18H17F6N3O3. The van der Waals surface area contributed by atoms with Crippen LogP contribution in [0.15, 0.2) is 30.6 Å². The van der Waals surface area contributed by atoms with Gasteiger partial charge in [0, 0.05) is 6.54 Å². The van der Waals surface area contributed by atoms with Gasteiger partial charge in [-0.1, -0.05) is 6.92 Å². The van der Waals surface area contributed by atoms with Crippen molar-refractivity contribution in [2.45, 2.75) is 32.2 Å². The van der Waals surface area contributed by atoms with E-state index in [4.69, 9.17) is 9.84 Å². The first-order valence-corrected chi connectivity index (χ1v) is 8.56. The Morgan fingerprint density at radius 3 is 2.07 bits per heavy atom. The second kappa shape index (κ2) is 9.18. The molecule has 0 aliphatic carbocycles.